The molecule has 0 aromatic heterocycles. The number of esters is 1. The number of carbonyl (C=O) groups is 2. The van der Waals surface area contributed by atoms with Gasteiger partial charge >= 0.3 is 5.97 Å². The molecule has 3 nitrogen and oxygen atoms in total. The number of Topliss-reactive ketones (excluding diaryl/α,β-unsaturated/α-hetero) is 1. The van der Waals surface area contributed by atoms with Crippen molar-refractivity contribution < 1.29 is 14.3 Å². The number of hydrogen-bond donors (Lipinski definition) is 0. The monoisotopic (exact) mass is 276 g/mol. The van der Waals surface area contributed by atoms with Crippen LogP contribution < -0.4 is 0 Å². The molecule has 1 aromatic rings. The molecule has 0 saturated heterocycles. The Morgan fingerprint density at radius 2 is 1.50 bits per heavy atom. The Balaban J connectivity index is 2.91. The maximum atomic E-state index is 12.6. The van der Waals surface area contributed by atoms with Gasteiger partial charge in [-0.15, -0.1) is 0 Å². The Morgan fingerprint density at radius 1 is 1.00 bits per heavy atom. The summed E-state index contributed by atoms with van der Waals surface area (Å²) < 4.78 is 5.29. The van der Waals surface area contributed by atoms with E-state index in [2.05, 4.69) is 0 Å². The highest BCUT2D eigenvalue weighted by atomic mass is 16.6. The number of benzene rings is 1. The van der Waals surface area contributed by atoms with Crippen LogP contribution in [0.15, 0.2) is 30.3 Å². The molecule has 0 N–H and O–H groups in total. The van der Waals surface area contributed by atoms with Crippen molar-refractivity contribution in [1.29, 1.82) is 0 Å². The molecule has 0 spiro atoms. The molecule has 0 aliphatic rings. The number of carbonyl (C=O) groups excluding carboxylic acids is 2. The van der Waals surface area contributed by atoms with E-state index in [0.717, 1.165) is 5.56 Å². The smallest absolute Gasteiger partial charge is 0.316 e. The maximum Gasteiger partial charge on any atom is 0.316 e. The normalized spacial score (nSPS) is 13.7. The highest BCUT2D eigenvalue weighted by molar-refractivity contribution is 6.03. The van der Waals surface area contributed by atoms with Gasteiger partial charge in [-0.1, -0.05) is 30.3 Å². The fourth-order valence-electron chi connectivity index (χ4n) is 2.04. The number of rotatable bonds is 4. The molecular weight excluding hydrogens is 252 g/mol. The second-order valence-electron chi connectivity index (χ2n) is 6.61. The summed E-state index contributed by atoms with van der Waals surface area (Å²) in [6, 6.07) is 9.49. The number of ether oxygens (including phenoxy) is 1. The molecule has 20 heavy (non-hydrogen) atoms. The zero-order valence-corrected chi connectivity index (χ0v) is 13.2. The lowest BCUT2D eigenvalue weighted by atomic mass is 9.76. The van der Waals surface area contributed by atoms with E-state index in [-0.39, 0.29) is 5.78 Å². The molecule has 0 heterocycles. The minimum Gasteiger partial charge on any atom is -0.459 e. The molecule has 0 fully saturated rings. The summed E-state index contributed by atoms with van der Waals surface area (Å²) in [5.41, 5.74) is -0.388. The Labute approximate surface area is 121 Å². The van der Waals surface area contributed by atoms with Gasteiger partial charge in [0.15, 0.2) is 5.78 Å². The standard InChI is InChI=1S/C17H24O3/c1-12(15(19)20-16(2,3)4)14(18)17(5,6)13-10-8-7-9-11-13/h7-12H,1-6H3. The molecule has 0 saturated carbocycles. The summed E-state index contributed by atoms with van der Waals surface area (Å²) in [4.78, 5) is 24.6. The van der Waals surface area contributed by atoms with Gasteiger partial charge in [0.1, 0.15) is 11.5 Å². The topological polar surface area (TPSA) is 43.4 Å². The van der Waals surface area contributed by atoms with Gasteiger partial charge in [-0.25, -0.2) is 0 Å². The van der Waals surface area contributed by atoms with Crippen molar-refractivity contribution in [3.05, 3.63) is 35.9 Å². The minimum absolute atomic E-state index is 0.127. The molecule has 1 aromatic carbocycles. The van der Waals surface area contributed by atoms with Gasteiger partial charge < -0.3 is 4.74 Å². The molecule has 1 unspecified atom stereocenters. The van der Waals surface area contributed by atoms with Crippen molar-refractivity contribution in [3.63, 3.8) is 0 Å². The van der Waals surface area contributed by atoms with E-state index in [9.17, 15) is 9.59 Å². The van der Waals surface area contributed by atoms with Crippen molar-refractivity contribution in [1.82, 2.24) is 0 Å². The van der Waals surface area contributed by atoms with E-state index in [1.807, 2.05) is 44.2 Å². The predicted octanol–water partition coefficient (Wildman–Crippen LogP) is 3.51. The van der Waals surface area contributed by atoms with Crippen molar-refractivity contribution in [3.8, 4) is 0 Å². The number of ketones is 1. The molecule has 0 aliphatic heterocycles. The zero-order chi connectivity index (χ0) is 15.6. The van der Waals surface area contributed by atoms with Crippen LogP contribution in [0.5, 0.6) is 0 Å². The predicted molar refractivity (Wildman–Crippen MR) is 79.5 cm³/mol. The largest absolute Gasteiger partial charge is 0.459 e. The highest BCUT2D eigenvalue weighted by Crippen LogP contribution is 2.28. The molecule has 1 atom stereocenters. The average Bonchev–Trinajstić information content (AvgIpc) is 2.36. The van der Waals surface area contributed by atoms with Gasteiger partial charge in [0.05, 0.1) is 0 Å². The summed E-state index contributed by atoms with van der Waals surface area (Å²) in [5.74, 6) is -1.37. The van der Waals surface area contributed by atoms with Crippen LogP contribution in [0.25, 0.3) is 0 Å². The minimum atomic E-state index is -0.774. The van der Waals surface area contributed by atoms with Crippen LogP contribution >= 0.6 is 0 Å². The summed E-state index contributed by atoms with van der Waals surface area (Å²) >= 11 is 0. The molecular formula is C17H24O3. The molecule has 0 radical (unpaired) electrons. The fourth-order valence-corrected chi connectivity index (χ4v) is 2.04. The quantitative estimate of drug-likeness (QED) is 0.624. The van der Waals surface area contributed by atoms with Gasteiger partial charge in [0.2, 0.25) is 0 Å². The van der Waals surface area contributed by atoms with E-state index in [1.54, 1.807) is 27.7 Å². The van der Waals surface area contributed by atoms with E-state index in [1.165, 1.54) is 0 Å². The van der Waals surface area contributed by atoms with Gasteiger partial charge in [-0.3, -0.25) is 9.59 Å². The van der Waals surface area contributed by atoms with Crippen LogP contribution in [0, 0.1) is 5.92 Å². The Hall–Kier alpha value is -1.64. The summed E-state index contributed by atoms with van der Waals surface area (Å²) in [6.45, 7) is 10.7. The van der Waals surface area contributed by atoms with Crippen molar-refractivity contribution >= 4 is 11.8 Å². The van der Waals surface area contributed by atoms with Gasteiger partial charge in [0, 0.05) is 5.41 Å². The maximum absolute atomic E-state index is 12.6. The van der Waals surface area contributed by atoms with Crippen LogP contribution in [-0.4, -0.2) is 17.4 Å². The molecule has 0 bridgehead atoms. The van der Waals surface area contributed by atoms with E-state index < -0.39 is 22.9 Å². The zero-order valence-electron chi connectivity index (χ0n) is 13.2. The average molecular weight is 276 g/mol. The molecule has 0 aliphatic carbocycles. The lowest BCUT2D eigenvalue weighted by molar-refractivity contribution is -0.162. The lowest BCUT2D eigenvalue weighted by Crippen LogP contribution is -2.39. The first-order chi connectivity index (χ1) is 9.05. The summed E-state index contributed by atoms with van der Waals surface area (Å²) in [5, 5.41) is 0. The van der Waals surface area contributed by atoms with Crippen molar-refractivity contribution in [2.24, 2.45) is 5.92 Å². The second-order valence-corrected chi connectivity index (χ2v) is 6.61. The molecule has 110 valence electrons. The van der Waals surface area contributed by atoms with Crippen LogP contribution in [0.1, 0.15) is 47.1 Å². The number of hydrogen-bond acceptors (Lipinski definition) is 3. The van der Waals surface area contributed by atoms with Crippen LogP contribution in [0.3, 0.4) is 0 Å². The molecule has 1 rings (SSSR count). The summed E-state index contributed by atoms with van der Waals surface area (Å²) in [7, 11) is 0. The van der Waals surface area contributed by atoms with E-state index >= 15 is 0 Å². The van der Waals surface area contributed by atoms with Crippen LogP contribution in [0.2, 0.25) is 0 Å². The Bertz CT molecular complexity index is 481. The lowest BCUT2D eigenvalue weighted by Gasteiger charge is -2.28. The first-order valence-corrected chi connectivity index (χ1v) is 6.88. The van der Waals surface area contributed by atoms with E-state index in [0.29, 0.717) is 0 Å². The van der Waals surface area contributed by atoms with Crippen molar-refractivity contribution in [2.45, 2.75) is 52.6 Å². The second kappa shape index (κ2) is 5.78. The molecule has 3 heteroatoms. The van der Waals surface area contributed by atoms with E-state index in [4.69, 9.17) is 4.74 Å². The highest BCUT2D eigenvalue weighted by Gasteiger charge is 2.37. The van der Waals surface area contributed by atoms with Crippen molar-refractivity contribution in [2.75, 3.05) is 0 Å². The fraction of sp³-hybridized carbons (Fsp3) is 0.529. The first-order valence-electron chi connectivity index (χ1n) is 6.88. The van der Waals surface area contributed by atoms with Crippen LogP contribution in [-0.2, 0) is 19.7 Å². The Morgan fingerprint density at radius 3 is 1.95 bits per heavy atom. The Kier molecular flexibility index (Phi) is 4.74. The third-order valence-electron chi connectivity index (χ3n) is 3.27. The summed E-state index contributed by atoms with van der Waals surface area (Å²) in [6.07, 6.45) is 0. The molecule has 0 amide bonds. The van der Waals surface area contributed by atoms with Crippen LogP contribution in [0.4, 0.5) is 0 Å². The van der Waals surface area contributed by atoms with Gasteiger partial charge in [-0.05, 0) is 47.1 Å². The third kappa shape index (κ3) is 3.92. The van der Waals surface area contributed by atoms with Gasteiger partial charge in [0.25, 0.3) is 0 Å². The first kappa shape index (κ1) is 16.4. The van der Waals surface area contributed by atoms with Gasteiger partial charge in [-0.2, -0.15) is 0 Å². The third-order valence-corrected chi connectivity index (χ3v) is 3.27. The SMILES string of the molecule is CC(C(=O)OC(C)(C)C)C(=O)C(C)(C)c1ccccc1.